The lowest BCUT2D eigenvalue weighted by atomic mass is 10.1. The molecule has 0 aliphatic carbocycles. The smallest absolute Gasteiger partial charge is 0.256 e. The van der Waals surface area contributed by atoms with Gasteiger partial charge in [0.05, 0.1) is 23.7 Å². The Morgan fingerprint density at radius 3 is 2.24 bits per heavy atom. The number of amides is 1. The van der Waals surface area contributed by atoms with Crippen LogP contribution in [-0.2, 0) is 14.8 Å². The van der Waals surface area contributed by atoms with Gasteiger partial charge in [-0.25, -0.2) is 13.6 Å². The summed E-state index contributed by atoms with van der Waals surface area (Å²) in [4.78, 5) is 17.0. The SMILES string of the molecule is NS(=O)(=O)c1ccc(N2CCOCC2)c(C(=O)N2CCCCCC2)c1. The zero-order valence-electron chi connectivity index (χ0n) is 14.3. The average Bonchev–Trinajstić information content (AvgIpc) is 2.90. The molecular formula is C17H25N3O4S. The van der Waals surface area contributed by atoms with E-state index in [1.54, 1.807) is 6.07 Å². The Balaban J connectivity index is 1.98. The molecule has 0 saturated carbocycles. The number of benzene rings is 1. The first kappa shape index (κ1) is 18.2. The number of morpholine rings is 1. The Hall–Kier alpha value is -1.64. The van der Waals surface area contributed by atoms with Crippen LogP contribution in [0.1, 0.15) is 36.0 Å². The maximum atomic E-state index is 13.1. The fourth-order valence-electron chi connectivity index (χ4n) is 3.39. The number of ether oxygens (including phenoxy) is 1. The Labute approximate surface area is 148 Å². The van der Waals surface area contributed by atoms with E-state index in [9.17, 15) is 13.2 Å². The van der Waals surface area contributed by atoms with E-state index >= 15 is 0 Å². The minimum atomic E-state index is -3.86. The number of carbonyl (C=O) groups is 1. The molecule has 2 aliphatic heterocycles. The standard InChI is InChI=1S/C17H25N3O4S/c18-25(22,23)14-5-6-16(19-9-11-24-12-10-19)15(13-14)17(21)20-7-3-1-2-4-8-20/h5-6,13H,1-4,7-12H2,(H2,18,22,23). The number of carbonyl (C=O) groups excluding carboxylic acids is 1. The molecule has 8 heteroatoms. The van der Waals surface area contributed by atoms with Gasteiger partial charge in [0.1, 0.15) is 0 Å². The monoisotopic (exact) mass is 367 g/mol. The first-order chi connectivity index (χ1) is 12.0. The van der Waals surface area contributed by atoms with Crippen LogP contribution in [0.25, 0.3) is 0 Å². The van der Waals surface area contributed by atoms with E-state index in [0.717, 1.165) is 31.4 Å². The Bertz CT molecular complexity index is 721. The largest absolute Gasteiger partial charge is 0.378 e. The number of anilines is 1. The van der Waals surface area contributed by atoms with Crippen molar-refractivity contribution in [2.45, 2.75) is 30.6 Å². The van der Waals surface area contributed by atoms with Gasteiger partial charge in [0.15, 0.2) is 0 Å². The highest BCUT2D eigenvalue weighted by atomic mass is 32.2. The highest BCUT2D eigenvalue weighted by Crippen LogP contribution is 2.27. The van der Waals surface area contributed by atoms with E-state index in [4.69, 9.17) is 9.88 Å². The average molecular weight is 367 g/mol. The van der Waals surface area contributed by atoms with Gasteiger partial charge in [0, 0.05) is 31.9 Å². The Kier molecular flexibility index (Phi) is 5.61. The molecular weight excluding hydrogens is 342 g/mol. The van der Waals surface area contributed by atoms with Crippen molar-refractivity contribution in [2.24, 2.45) is 5.14 Å². The third-order valence-electron chi connectivity index (χ3n) is 4.77. The summed E-state index contributed by atoms with van der Waals surface area (Å²) in [5.41, 5.74) is 1.17. The van der Waals surface area contributed by atoms with E-state index < -0.39 is 10.0 Å². The lowest BCUT2D eigenvalue weighted by molar-refractivity contribution is 0.0760. The summed E-state index contributed by atoms with van der Waals surface area (Å²) in [5, 5.41) is 5.27. The van der Waals surface area contributed by atoms with E-state index in [-0.39, 0.29) is 10.8 Å². The van der Waals surface area contributed by atoms with Gasteiger partial charge >= 0.3 is 0 Å². The zero-order chi connectivity index (χ0) is 17.9. The van der Waals surface area contributed by atoms with Crippen LogP contribution in [0, 0.1) is 0 Å². The summed E-state index contributed by atoms with van der Waals surface area (Å²) in [7, 11) is -3.86. The minimum absolute atomic E-state index is 0.0253. The molecule has 2 N–H and O–H groups in total. The molecule has 2 fully saturated rings. The Morgan fingerprint density at radius 2 is 1.64 bits per heavy atom. The van der Waals surface area contributed by atoms with Crippen LogP contribution in [0.3, 0.4) is 0 Å². The molecule has 25 heavy (non-hydrogen) atoms. The van der Waals surface area contributed by atoms with E-state index in [1.165, 1.54) is 12.1 Å². The molecule has 2 heterocycles. The molecule has 0 bridgehead atoms. The van der Waals surface area contributed by atoms with Crippen LogP contribution in [0.5, 0.6) is 0 Å². The molecule has 2 saturated heterocycles. The van der Waals surface area contributed by atoms with Gasteiger partial charge in [-0.05, 0) is 31.0 Å². The van der Waals surface area contributed by atoms with Crippen LogP contribution in [0.2, 0.25) is 0 Å². The normalized spacial score (nSPS) is 19.6. The summed E-state index contributed by atoms with van der Waals surface area (Å²) in [6, 6.07) is 4.59. The maximum absolute atomic E-state index is 13.1. The molecule has 2 aliphatic rings. The van der Waals surface area contributed by atoms with Crippen LogP contribution in [0.15, 0.2) is 23.1 Å². The number of hydrogen-bond donors (Lipinski definition) is 1. The second kappa shape index (κ2) is 7.72. The van der Waals surface area contributed by atoms with Gasteiger partial charge in [-0.3, -0.25) is 4.79 Å². The topological polar surface area (TPSA) is 92.9 Å². The van der Waals surface area contributed by atoms with Gasteiger partial charge in [-0.15, -0.1) is 0 Å². The van der Waals surface area contributed by atoms with Crippen molar-refractivity contribution >= 4 is 21.6 Å². The molecule has 1 amide bonds. The maximum Gasteiger partial charge on any atom is 0.256 e. The number of primary sulfonamides is 1. The van der Waals surface area contributed by atoms with Gasteiger partial charge in [-0.1, -0.05) is 12.8 Å². The predicted octanol–water partition coefficient (Wildman–Crippen LogP) is 1.19. The number of rotatable bonds is 3. The van der Waals surface area contributed by atoms with E-state index in [2.05, 4.69) is 4.90 Å². The lowest BCUT2D eigenvalue weighted by Crippen LogP contribution is -2.39. The van der Waals surface area contributed by atoms with Gasteiger partial charge in [0.2, 0.25) is 10.0 Å². The molecule has 0 unspecified atom stereocenters. The van der Waals surface area contributed by atoms with Crippen molar-refractivity contribution < 1.29 is 17.9 Å². The third kappa shape index (κ3) is 4.31. The van der Waals surface area contributed by atoms with Crippen LogP contribution >= 0.6 is 0 Å². The third-order valence-corrected chi connectivity index (χ3v) is 5.68. The molecule has 7 nitrogen and oxygen atoms in total. The van der Waals surface area contributed by atoms with Gasteiger partial charge in [-0.2, -0.15) is 0 Å². The fourth-order valence-corrected chi connectivity index (χ4v) is 3.93. The second-order valence-corrected chi connectivity index (χ2v) is 8.09. The van der Waals surface area contributed by atoms with Crippen molar-refractivity contribution in [3.63, 3.8) is 0 Å². The van der Waals surface area contributed by atoms with E-state index in [0.29, 0.717) is 45.0 Å². The summed E-state index contributed by atoms with van der Waals surface area (Å²) in [6.07, 6.45) is 4.20. The Morgan fingerprint density at radius 1 is 1.00 bits per heavy atom. The molecule has 0 aromatic heterocycles. The molecule has 0 spiro atoms. The van der Waals surface area contributed by atoms with Crippen molar-refractivity contribution in [2.75, 3.05) is 44.3 Å². The summed E-state index contributed by atoms with van der Waals surface area (Å²) in [5.74, 6) is -0.117. The summed E-state index contributed by atoms with van der Waals surface area (Å²) in [6.45, 7) is 3.95. The number of sulfonamides is 1. The molecule has 0 radical (unpaired) electrons. The predicted molar refractivity (Wildman–Crippen MR) is 95.2 cm³/mol. The number of likely N-dealkylation sites (tertiary alicyclic amines) is 1. The van der Waals surface area contributed by atoms with Gasteiger partial charge in [0.25, 0.3) is 5.91 Å². The van der Waals surface area contributed by atoms with Crippen LogP contribution in [0.4, 0.5) is 5.69 Å². The van der Waals surface area contributed by atoms with Crippen LogP contribution < -0.4 is 10.0 Å². The molecule has 0 atom stereocenters. The van der Waals surface area contributed by atoms with Crippen LogP contribution in [-0.4, -0.2) is 58.6 Å². The number of hydrogen-bond acceptors (Lipinski definition) is 5. The number of nitrogens with zero attached hydrogens (tertiary/aromatic N) is 2. The van der Waals surface area contributed by atoms with Crippen molar-refractivity contribution in [1.82, 2.24) is 4.90 Å². The zero-order valence-corrected chi connectivity index (χ0v) is 15.1. The first-order valence-corrected chi connectivity index (χ1v) is 10.3. The highest BCUT2D eigenvalue weighted by Gasteiger charge is 2.25. The quantitative estimate of drug-likeness (QED) is 0.866. The van der Waals surface area contributed by atoms with Crippen molar-refractivity contribution in [1.29, 1.82) is 0 Å². The molecule has 1 aromatic carbocycles. The second-order valence-electron chi connectivity index (χ2n) is 6.53. The highest BCUT2D eigenvalue weighted by molar-refractivity contribution is 7.89. The lowest BCUT2D eigenvalue weighted by Gasteiger charge is -2.31. The van der Waals surface area contributed by atoms with E-state index in [1.807, 2.05) is 4.90 Å². The number of nitrogens with two attached hydrogens (primary N) is 1. The van der Waals surface area contributed by atoms with Crippen molar-refractivity contribution in [3.8, 4) is 0 Å². The summed E-state index contributed by atoms with van der Waals surface area (Å²) < 4.78 is 28.9. The fraction of sp³-hybridized carbons (Fsp3) is 0.588. The van der Waals surface area contributed by atoms with Gasteiger partial charge < -0.3 is 14.5 Å². The molecule has 1 aromatic rings. The molecule has 3 rings (SSSR count). The summed E-state index contributed by atoms with van der Waals surface area (Å²) >= 11 is 0. The van der Waals surface area contributed by atoms with Crippen molar-refractivity contribution in [3.05, 3.63) is 23.8 Å². The molecule has 138 valence electrons. The minimum Gasteiger partial charge on any atom is -0.378 e. The first-order valence-electron chi connectivity index (χ1n) is 8.75.